The fourth-order valence-corrected chi connectivity index (χ4v) is 1.71. The summed E-state index contributed by atoms with van der Waals surface area (Å²) in [6, 6.07) is 6.99. The summed E-state index contributed by atoms with van der Waals surface area (Å²) in [4.78, 5) is 15.2. The van der Waals surface area contributed by atoms with Gasteiger partial charge in [-0.05, 0) is 13.0 Å². The van der Waals surface area contributed by atoms with Crippen LogP contribution in [0.3, 0.4) is 0 Å². The van der Waals surface area contributed by atoms with Gasteiger partial charge >= 0.3 is 0 Å². The predicted molar refractivity (Wildman–Crippen MR) is 53.3 cm³/mol. The van der Waals surface area contributed by atoms with E-state index in [9.17, 15) is 4.79 Å². The largest absolute Gasteiger partial charge is 0.408 e. The molecule has 0 aromatic heterocycles. The molecule has 2 atom stereocenters. The molecule has 1 N–H and O–H groups in total. The van der Waals surface area contributed by atoms with Crippen molar-refractivity contribution in [3.05, 3.63) is 29.8 Å². The van der Waals surface area contributed by atoms with Crippen LogP contribution in [0, 0.1) is 0 Å². The third kappa shape index (κ3) is 1.21. The SMILES string of the molecule is CC1NOc2ccccc2C1(Cl)C=O. The van der Waals surface area contributed by atoms with E-state index in [2.05, 4.69) is 5.48 Å². The third-order valence-electron chi connectivity index (χ3n) is 2.45. The molecule has 0 aliphatic carbocycles. The van der Waals surface area contributed by atoms with Crippen molar-refractivity contribution in [1.82, 2.24) is 5.48 Å². The lowest BCUT2D eigenvalue weighted by Crippen LogP contribution is -2.49. The standard InChI is InChI=1S/C10H10ClNO2/c1-7-10(11,6-13)8-4-2-3-5-9(8)14-12-7/h2-7,12H,1H3. The summed E-state index contributed by atoms with van der Waals surface area (Å²) in [5, 5.41) is 0. The molecule has 1 heterocycles. The molecular formula is C10H10ClNO2. The van der Waals surface area contributed by atoms with Crippen LogP contribution in [0.25, 0.3) is 0 Å². The van der Waals surface area contributed by atoms with E-state index in [1.54, 1.807) is 19.1 Å². The van der Waals surface area contributed by atoms with Crippen LogP contribution in [0.4, 0.5) is 0 Å². The van der Waals surface area contributed by atoms with Gasteiger partial charge in [0, 0.05) is 5.56 Å². The van der Waals surface area contributed by atoms with E-state index in [0.29, 0.717) is 11.3 Å². The molecule has 0 saturated carbocycles. The number of para-hydroxylation sites is 1. The van der Waals surface area contributed by atoms with Crippen molar-refractivity contribution < 1.29 is 9.63 Å². The first-order chi connectivity index (χ1) is 6.68. The fraction of sp³-hybridized carbons (Fsp3) is 0.300. The van der Waals surface area contributed by atoms with Crippen LogP contribution in [-0.2, 0) is 9.67 Å². The Kier molecular flexibility index (Phi) is 2.21. The minimum absolute atomic E-state index is 0.253. The molecule has 2 unspecified atom stereocenters. The van der Waals surface area contributed by atoms with Crippen LogP contribution < -0.4 is 10.3 Å². The number of carbonyl (C=O) groups excluding carboxylic acids is 1. The second-order valence-corrected chi connectivity index (χ2v) is 3.95. The summed E-state index contributed by atoms with van der Waals surface area (Å²) < 4.78 is 0. The van der Waals surface area contributed by atoms with Gasteiger partial charge in [0.15, 0.2) is 5.75 Å². The number of nitrogens with one attached hydrogen (secondary N) is 1. The number of carbonyl (C=O) groups is 1. The first-order valence-corrected chi connectivity index (χ1v) is 4.73. The highest BCUT2D eigenvalue weighted by atomic mass is 35.5. The Morgan fingerprint density at radius 2 is 2.29 bits per heavy atom. The predicted octanol–water partition coefficient (Wildman–Crippen LogP) is 1.61. The quantitative estimate of drug-likeness (QED) is 0.567. The van der Waals surface area contributed by atoms with Gasteiger partial charge in [0.2, 0.25) is 0 Å². The minimum atomic E-state index is -1.03. The number of alkyl halides is 1. The Morgan fingerprint density at radius 3 is 3.00 bits per heavy atom. The van der Waals surface area contributed by atoms with Crippen molar-refractivity contribution in [2.75, 3.05) is 0 Å². The van der Waals surface area contributed by atoms with E-state index >= 15 is 0 Å². The van der Waals surface area contributed by atoms with Gasteiger partial charge in [-0.15, -0.1) is 11.6 Å². The van der Waals surface area contributed by atoms with Gasteiger partial charge in [0.05, 0.1) is 6.04 Å². The number of aldehydes is 1. The monoisotopic (exact) mass is 211 g/mol. The molecule has 0 saturated heterocycles. The minimum Gasteiger partial charge on any atom is -0.408 e. The molecule has 74 valence electrons. The van der Waals surface area contributed by atoms with Gasteiger partial charge in [-0.2, -0.15) is 5.48 Å². The Hall–Kier alpha value is -1.06. The van der Waals surface area contributed by atoms with Gasteiger partial charge in [-0.3, -0.25) is 0 Å². The van der Waals surface area contributed by atoms with Gasteiger partial charge in [-0.1, -0.05) is 18.2 Å². The topological polar surface area (TPSA) is 38.3 Å². The molecule has 1 aliphatic rings. The van der Waals surface area contributed by atoms with E-state index in [1.807, 2.05) is 12.1 Å². The lowest BCUT2D eigenvalue weighted by molar-refractivity contribution is -0.112. The second kappa shape index (κ2) is 3.26. The first-order valence-electron chi connectivity index (χ1n) is 4.35. The molecule has 0 fully saturated rings. The summed E-state index contributed by atoms with van der Waals surface area (Å²) in [6.45, 7) is 1.80. The van der Waals surface area contributed by atoms with Crippen LogP contribution in [0.15, 0.2) is 24.3 Å². The average Bonchev–Trinajstić information content (AvgIpc) is 2.24. The van der Waals surface area contributed by atoms with Crippen LogP contribution >= 0.6 is 11.6 Å². The maximum Gasteiger partial charge on any atom is 0.152 e. The van der Waals surface area contributed by atoms with Crippen molar-refractivity contribution in [2.24, 2.45) is 0 Å². The number of hydrogen-bond acceptors (Lipinski definition) is 3. The van der Waals surface area contributed by atoms with E-state index in [-0.39, 0.29) is 6.04 Å². The molecule has 0 bridgehead atoms. The average molecular weight is 212 g/mol. The Labute approximate surface area is 87.0 Å². The maximum atomic E-state index is 11.0. The Bertz CT molecular complexity index is 369. The van der Waals surface area contributed by atoms with E-state index in [1.165, 1.54) is 0 Å². The Balaban J connectivity index is 2.57. The number of hydroxylamine groups is 1. The van der Waals surface area contributed by atoms with Crippen LogP contribution in [-0.4, -0.2) is 12.3 Å². The highest BCUT2D eigenvalue weighted by molar-refractivity contribution is 6.32. The van der Waals surface area contributed by atoms with Gasteiger partial charge in [0.25, 0.3) is 0 Å². The van der Waals surface area contributed by atoms with Crippen LogP contribution in [0.2, 0.25) is 0 Å². The summed E-state index contributed by atoms with van der Waals surface area (Å²) >= 11 is 6.23. The highest BCUT2D eigenvalue weighted by Gasteiger charge is 2.41. The normalized spacial score (nSPS) is 30.3. The smallest absolute Gasteiger partial charge is 0.152 e. The van der Waals surface area contributed by atoms with Gasteiger partial charge < -0.3 is 9.63 Å². The fourth-order valence-electron chi connectivity index (χ4n) is 1.51. The molecule has 3 nitrogen and oxygen atoms in total. The molecular weight excluding hydrogens is 202 g/mol. The van der Waals surface area contributed by atoms with E-state index < -0.39 is 4.87 Å². The summed E-state index contributed by atoms with van der Waals surface area (Å²) in [5.41, 5.74) is 3.43. The lowest BCUT2D eigenvalue weighted by Gasteiger charge is -2.34. The van der Waals surface area contributed by atoms with E-state index in [0.717, 1.165) is 6.29 Å². The first kappa shape index (κ1) is 9.49. The molecule has 0 radical (unpaired) electrons. The van der Waals surface area contributed by atoms with Crippen molar-refractivity contribution in [3.63, 3.8) is 0 Å². The number of halogens is 1. The number of hydrogen-bond donors (Lipinski definition) is 1. The van der Waals surface area contributed by atoms with Crippen molar-refractivity contribution in [3.8, 4) is 5.75 Å². The molecule has 0 amide bonds. The molecule has 0 spiro atoms. The van der Waals surface area contributed by atoms with Crippen molar-refractivity contribution >= 4 is 17.9 Å². The van der Waals surface area contributed by atoms with E-state index in [4.69, 9.17) is 16.4 Å². The van der Waals surface area contributed by atoms with Crippen molar-refractivity contribution in [2.45, 2.75) is 17.8 Å². The molecule has 2 rings (SSSR count). The second-order valence-electron chi connectivity index (χ2n) is 3.32. The summed E-state index contributed by atoms with van der Waals surface area (Å²) in [7, 11) is 0. The van der Waals surface area contributed by atoms with Gasteiger partial charge in [-0.25, -0.2) is 0 Å². The molecule has 4 heteroatoms. The summed E-state index contributed by atoms with van der Waals surface area (Å²) in [6.07, 6.45) is 0.744. The maximum absolute atomic E-state index is 11.0. The molecule has 1 aromatic rings. The highest BCUT2D eigenvalue weighted by Crippen LogP contribution is 2.39. The molecule has 1 aliphatic heterocycles. The lowest BCUT2D eigenvalue weighted by atomic mass is 9.91. The van der Waals surface area contributed by atoms with Crippen LogP contribution in [0.1, 0.15) is 12.5 Å². The number of benzene rings is 1. The zero-order valence-corrected chi connectivity index (χ0v) is 8.41. The van der Waals surface area contributed by atoms with Crippen LogP contribution in [0.5, 0.6) is 5.75 Å². The Morgan fingerprint density at radius 1 is 1.57 bits per heavy atom. The number of fused-ring (bicyclic) bond motifs is 1. The third-order valence-corrected chi connectivity index (χ3v) is 3.07. The van der Waals surface area contributed by atoms with Gasteiger partial charge in [0.1, 0.15) is 11.2 Å². The van der Waals surface area contributed by atoms with Crippen molar-refractivity contribution in [1.29, 1.82) is 0 Å². The zero-order valence-electron chi connectivity index (χ0n) is 7.66. The number of rotatable bonds is 1. The zero-order chi connectivity index (χ0) is 10.2. The summed E-state index contributed by atoms with van der Waals surface area (Å²) in [5.74, 6) is 0.604. The molecule has 1 aromatic carbocycles. The molecule has 14 heavy (non-hydrogen) atoms.